The third-order valence-corrected chi connectivity index (χ3v) is 6.36. The Hall–Kier alpha value is -3.24. The number of fused-ring (bicyclic) bond motifs is 2. The van der Waals surface area contributed by atoms with Gasteiger partial charge in [-0.2, -0.15) is 0 Å². The highest BCUT2D eigenvalue weighted by atomic mass is 32.2. The fourth-order valence-electron chi connectivity index (χ4n) is 3.95. The summed E-state index contributed by atoms with van der Waals surface area (Å²) in [5, 5.41) is 2.89. The lowest BCUT2D eigenvalue weighted by atomic mass is 10.1. The van der Waals surface area contributed by atoms with Crippen molar-refractivity contribution in [2.24, 2.45) is 0 Å². The lowest BCUT2D eigenvalue weighted by Gasteiger charge is -2.14. The van der Waals surface area contributed by atoms with Crippen molar-refractivity contribution in [1.29, 1.82) is 0 Å². The molecule has 0 aliphatic carbocycles. The molecule has 1 N–H and O–H groups in total. The summed E-state index contributed by atoms with van der Waals surface area (Å²) in [5.41, 5.74) is 3.97. The smallest absolute Gasteiger partial charge is 0.395 e. The molecule has 0 spiro atoms. The number of benzene rings is 1. The summed E-state index contributed by atoms with van der Waals surface area (Å²) in [6.45, 7) is 4.16. The van der Waals surface area contributed by atoms with E-state index in [1.807, 2.05) is 24.4 Å². The monoisotopic (exact) mass is 484 g/mol. The third-order valence-electron chi connectivity index (χ3n) is 5.50. The minimum absolute atomic E-state index is 0.0294. The number of rotatable bonds is 7. The predicted octanol–water partition coefficient (Wildman–Crippen LogP) is 4.36. The molecule has 1 aromatic carbocycles. The van der Waals surface area contributed by atoms with Crippen LogP contribution in [0, 0.1) is 0 Å². The van der Waals surface area contributed by atoms with Crippen molar-refractivity contribution >= 4 is 17.7 Å². The number of nitrogens with zero attached hydrogens (tertiary/aromatic N) is 3. The molecule has 0 fully saturated rings. The Morgan fingerprint density at radius 1 is 1.12 bits per heavy atom. The Bertz CT molecular complexity index is 1220. The number of aromatic nitrogens is 2. The lowest BCUT2D eigenvalue weighted by molar-refractivity contribution is -0.286. The number of ether oxygens (including phenoxy) is 2. The molecule has 0 unspecified atom stereocenters. The van der Waals surface area contributed by atoms with Gasteiger partial charge >= 0.3 is 6.29 Å². The van der Waals surface area contributed by atoms with E-state index in [1.54, 1.807) is 30.1 Å². The number of thioether (sulfide) groups is 1. The van der Waals surface area contributed by atoms with Gasteiger partial charge in [0.1, 0.15) is 0 Å². The summed E-state index contributed by atoms with van der Waals surface area (Å²) in [4.78, 5) is 24.7. The van der Waals surface area contributed by atoms with Gasteiger partial charge in [-0.15, -0.1) is 20.5 Å². The van der Waals surface area contributed by atoms with E-state index >= 15 is 0 Å². The zero-order valence-electron chi connectivity index (χ0n) is 18.4. The standard InChI is InChI=1S/C24H22F2N4O3S/c1-2-34-19-5-4-18(27-11-19)10-29-23(31)16-8-17-13-30(14-20(17)28-9-16)12-15-3-6-21-22(7-15)33-24(25,26)32-21/h3-9,11H,2,10,12-14H2,1H3,(H,29,31). The second-order valence-electron chi connectivity index (χ2n) is 8.02. The van der Waals surface area contributed by atoms with Crippen LogP contribution in [0.5, 0.6) is 11.5 Å². The number of halogens is 2. The number of alkyl halides is 2. The number of carbonyl (C=O) groups is 1. The van der Waals surface area contributed by atoms with Crippen molar-refractivity contribution in [2.75, 3.05) is 5.75 Å². The minimum atomic E-state index is -3.63. The SMILES string of the molecule is CCSc1ccc(CNC(=O)c2cnc3c(c2)CN(Cc2ccc4c(c2)OC(F)(F)O4)C3)nc1. The molecular weight excluding hydrogens is 462 g/mol. The number of nitrogens with one attached hydrogen (secondary N) is 1. The van der Waals surface area contributed by atoms with Crippen molar-refractivity contribution in [3.63, 3.8) is 0 Å². The van der Waals surface area contributed by atoms with Crippen molar-refractivity contribution < 1.29 is 23.0 Å². The highest BCUT2D eigenvalue weighted by Crippen LogP contribution is 2.41. The van der Waals surface area contributed by atoms with Crippen LogP contribution in [0.15, 0.2) is 53.7 Å². The van der Waals surface area contributed by atoms with E-state index in [9.17, 15) is 13.6 Å². The van der Waals surface area contributed by atoms with Gasteiger partial charge in [0.2, 0.25) is 0 Å². The van der Waals surface area contributed by atoms with Crippen LogP contribution in [0.4, 0.5) is 8.78 Å². The van der Waals surface area contributed by atoms with Crippen LogP contribution in [0.1, 0.15) is 39.8 Å². The summed E-state index contributed by atoms with van der Waals surface area (Å²) in [6.07, 6.45) is -0.235. The maximum Gasteiger partial charge on any atom is 0.586 e. The van der Waals surface area contributed by atoms with Gasteiger partial charge in [-0.05, 0) is 47.2 Å². The van der Waals surface area contributed by atoms with E-state index in [4.69, 9.17) is 0 Å². The number of hydrogen-bond acceptors (Lipinski definition) is 7. The first kappa shape index (κ1) is 22.5. The highest BCUT2D eigenvalue weighted by molar-refractivity contribution is 7.99. The molecule has 0 saturated heterocycles. The van der Waals surface area contributed by atoms with Crippen LogP contribution < -0.4 is 14.8 Å². The molecule has 2 aliphatic heterocycles. The van der Waals surface area contributed by atoms with Crippen LogP contribution in [0.25, 0.3) is 0 Å². The largest absolute Gasteiger partial charge is 0.586 e. The van der Waals surface area contributed by atoms with Gasteiger partial charge in [-0.3, -0.25) is 19.7 Å². The Balaban J connectivity index is 1.18. The average Bonchev–Trinajstić information content (AvgIpc) is 3.35. The Kier molecular flexibility index (Phi) is 6.09. The molecule has 1 amide bonds. The van der Waals surface area contributed by atoms with Crippen molar-refractivity contribution in [2.45, 2.75) is 44.3 Å². The van der Waals surface area contributed by atoms with Crippen LogP contribution in [-0.4, -0.2) is 32.8 Å². The predicted molar refractivity (Wildman–Crippen MR) is 122 cm³/mol. The van der Waals surface area contributed by atoms with Gasteiger partial charge in [0.05, 0.1) is 23.5 Å². The molecule has 4 heterocycles. The number of hydrogen-bond donors (Lipinski definition) is 1. The van der Waals surface area contributed by atoms with Crippen LogP contribution in [0.3, 0.4) is 0 Å². The quantitative estimate of drug-likeness (QED) is 0.500. The fourth-order valence-corrected chi connectivity index (χ4v) is 4.58. The van der Waals surface area contributed by atoms with E-state index in [0.717, 1.165) is 33.2 Å². The molecule has 3 aromatic rings. The first-order valence-corrected chi connectivity index (χ1v) is 11.8. The first-order valence-electron chi connectivity index (χ1n) is 10.8. The topological polar surface area (TPSA) is 76.6 Å². The molecular formula is C24H22F2N4O3S. The highest BCUT2D eigenvalue weighted by Gasteiger charge is 2.43. The summed E-state index contributed by atoms with van der Waals surface area (Å²) in [6, 6.07) is 10.6. The maximum absolute atomic E-state index is 13.3. The maximum atomic E-state index is 13.3. The molecule has 34 heavy (non-hydrogen) atoms. The summed E-state index contributed by atoms with van der Waals surface area (Å²) >= 11 is 1.72. The molecule has 0 atom stereocenters. The normalized spacial score (nSPS) is 15.9. The molecule has 176 valence electrons. The van der Waals surface area contributed by atoms with Gasteiger partial charge in [-0.1, -0.05) is 13.0 Å². The molecule has 10 heteroatoms. The van der Waals surface area contributed by atoms with Gasteiger partial charge in [-0.25, -0.2) is 0 Å². The molecule has 2 aromatic heterocycles. The average molecular weight is 485 g/mol. The van der Waals surface area contributed by atoms with Crippen LogP contribution in [-0.2, 0) is 26.2 Å². The fraction of sp³-hybridized carbons (Fsp3) is 0.292. The second kappa shape index (κ2) is 9.19. The summed E-state index contributed by atoms with van der Waals surface area (Å²) < 4.78 is 35.5. The molecule has 0 radical (unpaired) electrons. The second-order valence-corrected chi connectivity index (χ2v) is 9.36. The van der Waals surface area contributed by atoms with Crippen molar-refractivity contribution in [3.05, 3.63) is 76.9 Å². The molecule has 5 rings (SSSR count). The zero-order valence-corrected chi connectivity index (χ0v) is 19.2. The molecule has 2 aliphatic rings. The van der Waals surface area contributed by atoms with Crippen LogP contribution in [0.2, 0.25) is 0 Å². The molecule has 0 saturated carbocycles. The van der Waals surface area contributed by atoms with Gasteiger partial charge < -0.3 is 14.8 Å². The molecule has 7 nitrogen and oxygen atoms in total. The Morgan fingerprint density at radius 2 is 1.97 bits per heavy atom. The lowest BCUT2D eigenvalue weighted by Crippen LogP contribution is -2.25. The van der Waals surface area contributed by atoms with Gasteiger partial charge in [0.15, 0.2) is 11.5 Å². The van der Waals surface area contributed by atoms with E-state index in [0.29, 0.717) is 31.7 Å². The zero-order chi connectivity index (χ0) is 23.7. The minimum Gasteiger partial charge on any atom is -0.395 e. The number of carbonyl (C=O) groups excluding carboxylic acids is 1. The molecule has 0 bridgehead atoms. The van der Waals surface area contributed by atoms with E-state index in [-0.39, 0.29) is 17.4 Å². The van der Waals surface area contributed by atoms with Gasteiger partial charge in [0.25, 0.3) is 5.91 Å². The Morgan fingerprint density at radius 3 is 2.76 bits per heavy atom. The van der Waals surface area contributed by atoms with E-state index in [1.165, 1.54) is 6.07 Å². The third kappa shape index (κ3) is 4.97. The number of pyridine rings is 2. The van der Waals surface area contributed by atoms with Crippen LogP contribution >= 0.6 is 11.8 Å². The Labute approximate surface area is 199 Å². The van der Waals surface area contributed by atoms with Crippen molar-refractivity contribution in [1.82, 2.24) is 20.2 Å². The van der Waals surface area contributed by atoms with E-state index in [2.05, 4.69) is 36.6 Å². The van der Waals surface area contributed by atoms with E-state index < -0.39 is 6.29 Å². The summed E-state index contributed by atoms with van der Waals surface area (Å²) in [5.74, 6) is 0.835. The summed E-state index contributed by atoms with van der Waals surface area (Å²) in [7, 11) is 0. The van der Waals surface area contributed by atoms with Crippen molar-refractivity contribution in [3.8, 4) is 11.5 Å². The number of amides is 1. The first-order chi connectivity index (χ1) is 16.4. The van der Waals surface area contributed by atoms with Gasteiger partial charge in [0, 0.05) is 36.9 Å².